The van der Waals surface area contributed by atoms with Crippen molar-refractivity contribution < 1.29 is 8.78 Å². The van der Waals surface area contributed by atoms with Crippen molar-refractivity contribution in [1.82, 2.24) is 59.0 Å². The van der Waals surface area contributed by atoms with E-state index >= 15 is 0 Å². The summed E-state index contributed by atoms with van der Waals surface area (Å²) < 4.78 is 30.2. The van der Waals surface area contributed by atoms with E-state index in [-0.39, 0.29) is 65.8 Å². The maximum Gasteiger partial charge on any atom is 0.267 e. The highest BCUT2D eigenvalue weighted by molar-refractivity contribution is 6.35. The molecule has 23 heteroatoms. The number of aromatic amines is 2. The summed E-state index contributed by atoms with van der Waals surface area (Å²) in [5.74, 6) is -0.116. The number of hydrogen-bond acceptors (Lipinski definition) is 14. The Hall–Kier alpha value is -7.91. The number of halogens is 5. The van der Waals surface area contributed by atoms with Crippen LogP contribution < -0.4 is 33.3 Å². The molecule has 0 amide bonds. The molecular weight excluding hydrogens is 933 g/mol. The fourth-order valence-corrected chi connectivity index (χ4v) is 7.61. The van der Waals surface area contributed by atoms with Gasteiger partial charge < -0.3 is 21.0 Å². The SMILES string of the molecule is CC(N)c1nc2cccc(Cl)c2c(=O)n1-c1cccc(F)c1.CC(Nc1ncnc2nc[nH]c(=O)c12)c1nc2cccc(Cl)c2c(=O)n1-c1cccc(F)c1.O=c1[nH]cnc2ncnc(Cl)c12. The Morgan fingerprint density at radius 2 is 1.07 bits per heavy atom. The second kappa shape index (κ2) is 19.3. The third-order valence-electron chi connectivity index (χ3n) is 9.85. The molecule has 0 radical (unpaired) electrons. The monoisotopic (exact) mass is 962 g/mol. The lowest BCUT2D eigenvalue weighted by molar-refractivity contribution is 0.623. The Balaban J connectivity index is 0.000000153. The first-order valence-corrected chi connectivity index (χ1v) is 20.8. The zero-order valence-corrected chi connectivity index (χ0v) is 36.9. The second-order valence-corrected chi connectivity index (χ2v) is 15.5. The van der Waals surface area contributed by atoms with Crippen molar-refractivity contribution in [3.63, 3.8) is 0 Å². The molecule has 6 heterocycles. The third-order valence-corrected chi connectivity index (χ3v) is 10.8. The molecule has 67 heavy (non-hydrogen) atoms. The molecule has 0 aliphatic heterocycles. The van der Waals surface area contributed by atoms with E-state index in [2.05, 4.69) is 55.2 Å². The van der Waals surface area contributed by atoms with Crippen LogP contribution in [0.4, 0.5) is 14.6 Å². The lowest BCUT2D eigenvalue weighted by Crippen LogP contribution is -2.28. The lowest BCUT2D eigenvalue weighted by atomic mass is 10.2. The number of aromatic nitrogens is 12. The van der Waals surface area contributed by atoms with Gasteiger partial charge in [0.25, 0.3) is 22.2 Å². The minimum atomic E-state index is -0.637. The van der Waals surface area contributed by atoms with Crippen molar-refractivity contribution >= 4 is 84.5 Å². The molecule has 2 unspecified atom stereocenters. The van der Waals surface area contributed by atoms with Gasteiger partial charge in [0, 0.05) is 0 Å². The number of anilines is 1. The standard InChI is InChI=1S/C22H15ClFN7O2.C16H13ClFN3O.C6H3ClN4O/c1-11(29-19-17-18(25-9-27-19)26-10-28-21(17)32)20-30-15-7-3-6-14(23)16(15)22(33)31(20)13-5-2-4-12(24)8-13;1-9(19)15-20-13-7-3-6-12(17)14(13)16(22)21(15)11-5-2-4-10(18)8-11;7-4-3-5(9-1-8-4)10-2-11-6(3)12/h2-11H,1H3,(H2,25,26,27,28,29,32);2-9H,19H2,1H3;1-2H,(H,8,9,10,11,12). The summed E-state index contributed by atoms with van der Waals surface area (Å²) in [7, 11) is 0. The van der Waals surface area contributed by atoms with Gasteiger partial charge in [0.15, 0.2) is 11.3 Å². The molecular formula is C44H31Cl3F2N14O4. The van der Waals surface area contributed by atoms with Crippen molar-refractivity contribution in [2.45, 2.75) is 25.9 Å². The quantitative estimate of drug-likeness (QED) is 0.123. The first kappa shape index (κ1) is 45.7. The smallest absolute Gasteiger partial charge is 0.267 e. The van der Waals surface area contributed by atoms with Gasteiger partial charge >= 0.3 is 0 Å². The minimum Gasteiger partial charge on any atom is -0.360 e. The number of H-pyrrole nitrogens is 2. The Bertz CT molecular complexity index is 3770. The number of hydrogen-bond donors (Lipinski definition) is 4. The van der Waals surface area contributed by atoms with Gasteiger partial charge in [0.2, 0.25) is 0 Å². The van der Waals surface area contributed by atoms with Crippen LogP contribution in [0.1, 0.15) is 37.6 Å². The normalized spacial score (nSPS) is 12.0. The van der Waals surface area contributed by atoms with Crippen LogP contribution in [-0.4, -0.2) is 59.0 Å². The van der Waals surface area contributed by atoms with E-state index in [0.717, 1.165) is 0 Å². The number of fused-ring (bicyclic) bond motifs is 4. The zero-order chi connectivity index (χ0) is 47.5. The first-order valence-electron chi connectivity index (χ1n) is 19.7. The molecule has 336 valence electrons. The molecule has 2 atom stereocenters. The van der Waals surface area contributed by atoms with E-state index in [0.29, 0.717) is 33.2 Å². The predicted octanol–water partition coefficient (Wildman–Crippen LogP) is 6.94. The number of nitrogens with zero attached hydrogens (tertiary/aromatic N) is 10. The summed E-state index contributed by atoms with van der Waals surface area (Å²) >= 11 is 18.1. The van der Waals surface area contributed by atoms with Crippen molar-refractivity contribution in [2.24, 2.45) is 5.73 Å². The number of rotatable bonds is 6. The summed E-state index contributed by atoms with van der Waals surface area (Å²) in [5, 5.41) is 4.66. The van der Waals surface area contributed by atoms with Gasteiger partial charge in [0.05, 0.1) is 68.0 Å². The van der Waals surface area contributed by atoms with Crippen molar-refractivity contribution in [1.29, 1.82) is 0 Å². The fraction of sp³-hybridized carbons (Fsp3) is 0.0909. The molecule has 0 fully saturated rings. The molecule has 0 bridgehead atoms. The number of benzene rings is 4. The van der Waals surface area contributed by atoms with Crippen LogP contribution in [-0.2, 0) is 0 Å². The molecule has 0 spiro atoms. The molecule has 5 N–H and O–H groups in total. The van der Waals surface area contributed by atoms with E-state index in [4.69, 9.17) is 40.5 Å². The van der Waals surface area contributed by atoms with Gasteiger partial charge in [-0.15, -0.1) is 0 Å². The van der Waals surface area contributed by atoms with Crippen LogP contribution in [0, 0.1) is 11.6 Å². The topological polar surface area (TPSA) is 251 Å². The van der Waals surface area contributed by atoms with Crippen LogP contribution in [0.5, 0.6) is 0 Å². The van der Waals surface area contributed by atoms with Crippen LogP contribution >= 0.6 is 34.8 Å². The van der Waals surface area contributed by atoms with E-state index < -0.39 is 34.8 Å². The summed E-state index contributed by atoms with van der Waals surface area (Å²) in [5.41, 5.74) is 6.39. The molecule has 0 saturated heterocycles. The maximum atomic E-state index is 14.0. The van der Waals surface area contributed by atoms with Crippen molar-refractivity contribution in [3.05, 3.63) is 190 Å². The molecule has 0 saturated carbocycles. The Kier molecular flexibility index (Phi) is 13.1. The number of nitrogens with one attached hydrogen (secondary N) is 3. The Labute approximate surface area is 389 Å². The van der Waals surface area contributed by atoms with Crippen LogP contribution in [0.15, 0.2) is 129 Å². The van der Waals surface area contributed by atoms with Gasteiger partial charge in [-0.2, -0.15) is 0 Å². The molecule has 10 rings (SSSR count). The fourth-order valence-electron chi connectivity index (χ4n) is 6.90. The Morgan fingerprint density at radius 3 is 1.60 bits per heavy atom. The third kappa shape index (κ3) is 9.31. The van der Waals surface area contributed by atoms with E-state index in [1.165, 1.54) is 70.8 Å². The molecule has 0 aliphatic carbocycles. The van der Waals surface area contributed by atoms with Crippen LogP contribution in [0.2, 0.25) is 15.2 Å². The van der Waals surface area contributed by atoms with Crippen LogP contribution in [0.25, 0.3) is 55.2 Å². The van der Waals surface area contributed by atoms with Crippen molar-refractivity contribution in [2.75, 3.05) is 5.32 Å². The highest BCUT2D eigenvalue weighted by atomic mass is 35.5. The second-order valence-electron chi connectivity index (χ2n) is 14.4. The van der Waals surface area contributed by atoms with Gasteiger partial charge in [-0.05, 0) is 74.5 Å². The highest BCUT2D eigenvalue weighted by Crippen LogP contribution is 2.26. The molecule has 10 aromatic rings. The maximum absolute atomic E-state index is 14.0. The van der Waals surface area contributed by atoms with Gasteiger partial charge in [-0.1, -0.05) is 59.1 Å². The molecule has 4 aromatic carbocycles. The number of nitrogens with two attached hydrogens (primary N) is 1. The summed E-state index contributed by atoms with van der Waals surface area (Å²) in [6.45, 7) is 3.46. The van der Waals surface area contributed by atoms with Gasteiger partial charge in [-0.3, -0.25) is 28.3 Å². The van der Waals surface area contributed by atoms with Gasteiger partial charge in [0.1, 0.15) is 57.7 Å². The molecule has 18 nitrogen and oxygen atoms in total. The van der Waals surface area contributed by atoms with E-state index in [1.54, 1.807) is 62.4 Å². The van der Waals surface area contributed by atoms with Crippen molar-refractivity contribution in [3.8, 4) is 11.4 Å². The Morgan fingerprint density at radius 1 is 0.597 bits per heavy atom. The lowest BCUT2D eigenvalue weighted by Gasteiger charge is -2.20. The minimum absolute atomic E-state index is 0.120. The average molecular weight is 964 g/mol. The van der Waals surface area contributed by atoms with E-state index in [9.17, 15) is 28.0 Å². The first-order chi connectivity index (χ1) is 32.2. The summed E-state index contributed by atoms with van der Waals surface area (Å²) in [6, 6.07) is 20.2. The highest BCUT2D eigenvalue weighted by Gasteiger charge is 2.22. The van der Waals surface area contributed by atoms with E-state index in [1.807, 2.05) is 0 Å². The van der Waals surface area contributed by atoms with Crippen LogP contribution in [0.3, 0.4) is 0 Å². The zero-order valence-electron chi connectivity index (χ0n) is 34.6. The van der Waals surface area contributed by atoms with Gasteiger partial charge in [-0.25, -0.2) is 48.7 Å². The molecule has 0 aliphatic rings. The summed E-state index contributed by atoms with van der Waals surface area (Å²) in [6.07, 6.45) is 5.06. The molecule has 6 aromatic heterocycles. The largest absolute Gasteiger partial charge is 0.360 e. The summed E-state index contributed by atoms with van der Waals surface area (Å²) in [4.78, 5) is 87.3. The predicted molar refractivity (Wildman–Crippen MR) is 250 cm³/mol. The average Bonchev–Trinajstić information content (AvgIpc) is 3.29.